The van der Waals surface area contributed by atoms with Gasteiger partial charge in [0.05, 0.1) is 0 Å². The Morgan fingerprint density at radius 3 is 2.73 bits per heavy atom. The molecule has 1 aliphatic rings. The number of alkyl halides is 3. The fraction of sp³-hybridized carbons (Fsp3) is 0.429. The summed E-state index contributed by atoms with van der Waals surface area (Å²) in [6.07, 6.45) is -3.67. The molecule has 2 aromatic rings. The maximum Gasteiger partial charge on any atom is 0.433 e. The Kier molecular flexibility index (Phi) is 3.72. The zero-order valence-electron chi connectivity index (χ0n) is 12.2. The van der Waals surface area contributed by atoms with Crippen LogP contribution in [0.5, 0.6) is 0 Å². The average molecular weight is 328 g/mol. The second-order valence-corrected chi connectivity index (χ2v) is 6.34. The lowest BCUT2D eigenvalue weighted by molar-refractivity contribution is -0.141. The van der Waals surface area contributed by atoms with Crippen molar-refractivity contribution >= 4 is 23.1 Å². The molecule has 1 aliphatic heterocycles. The Hall–Kier alpha value is -1.83. The van der Waals surface area contributed by atoms with Crippen molar-refractivity contribution in [3.8, 4) is 0 Å². The number of hydrogen-bond donors (Lipinski definition) is 0. The van der Waals surface area contributed by atoms with Crippen molar-refractivity contribution in [3.05, 3.63) is 33.6 Å². The monoisotopic (exact) mass is 328 g/mol. The van der Waals surface area contributed by atoms with Crippen molar-refractivity contribution in [1.82, 2.24) is 9.97 Å². The lowest BCUT2D eigenvalue weighted by Gasteiger charge is -2.28. The van der Waals surface area contributed by atoms with Crippen molar-refractivity contribution in [2.24, 2.45) is 0 Å². The Bertz CT molecular complexity index is 681. The number of anilines is 2. The van der Waals surface area contributed by atoms with E-state index in [1.54, 1.807) is 35.2 Å². The number of nitrogens with zero attached hydrogens (tertiary/aromatic N) is 4. The Morgan fingerprint density at radius 1 is 1.27 bits per heavy atom. The third kappa shape index (κ3) is 2.87. The lowest BCUT2D eigenvalue weighted by Crippen LogP contribution is -2.32. The average Bonchev–Trinajstić information content (AvgIpc) is 2.93. The van der Waals surface area contributed by atoms with Crippen LogP contribution in [0.3, 0.4) is 0 Å². The first kappa shape index (κ1) is 15.1. The van der Waals surface area contributed by atoms with Gasteiger partial charge in [-0.25, -0.2) is 4.98 Å². The van der Waals surface area contributed by atoms with E-state index in [1.165, 1.54) is 4.88 Å². The van der Waals surface area contributed by atoms with E-state index in [4.69, 9.17) is 0 Å². The Morgan fingerprint density at radius 2 is 2.05 bits per heavy atom. The minimum atomic E-state index is -4.48. The van der Waals surface area contributed by atoms with Gasteiger partial charge in [-0.1, -0.05) is 0 Å². The van der Waals surface area contributed by atoms with Gasteiger partial charge >= 0.3 is 6.18 Å². The highest BCUT2D eigenvalue weighted by Gasteiger charge is 2.34. The van der Waals surface area contributed by atoms with Crippen molar-refractivity contribution in [2.75, 3.05) is 30.4 Å². The molecule has 0 atom stereocenters. The van der Waals surface area contributed by atoms with E-state index in [2.05, 4.69) is 9.97 Å². The van der Waals surface area contributed by atoms with Crippen LogP contribution < -0.4 is 9.80 Å². The molecule has 0 N–H and O–H groups in total. The molecule has 0 bridgehead atoms. The first-order valence-electron chi connectivity index (χ1n) is 6.78. The fourth-order valence-electron chi connectivity index (χ4n) is 2.36. The molecule has 0 fully saturated rings. The number of hydrogen-bond acceptors (Lipinski definition) is 5. The van der Waals surface area contributed by atoms with E-state index >= 15 is 0 Å². The van der Waals surface area contributed by atoms with Crippen LogP contribution in [-0.2, 0) is 19.1 Å². The lowest BCUT2D eigenvalue weighted by atomic mass is 10.1. The van der Waals surface area contributed by atoms with E-state index < -0.39 is 11.9 Å². The molecule has 0 saturated carbocycles. The predicted octanol–water partition coefficient (Wildman–Crippen LogP) is 3.19. The normalized spacial score (nSPS) is 14.9. The van der Waals surface area contributed by atoms with Crippen LogP contribution in [0.4, 0.5) is 24.9 Å². The van der Waals surface area contributed by atoms with Crippen LogP contribution in [0.15, 0.2) is 17.5 Å². The first-order valence-corrected chi connectivity index (χ1v) is 7.66. The zero-order valence-corrected chi connectivity index (χ0v) is 13.0. The molecule has 118 valence electrons. The van der Waals surface area contributed by atoms with Gasteiger partial charge in [0, 0.05) is 38.1 Å². The fourth-order valence-corrected chi connectivity index (χ4v) is 3.25. The SMILES string of the molecule is CN(C)c1cc(C(F)(F)F)nc(N2CCc3sccc3C2)n1. The number of fused-ring (bicyclic) bond motifs is 1. The Labute approximate surface area is 130 Å². The highest BCUT2D eigenvalue weighted by molar-refractivity contribution is 7.10. The van der Waals surface area contributed by atoms with Crippen molar-refractivity contribution < 1.29 is 13.2 Å². The standard InChI is InChI=1S/C14H15F3N4S/c1-20(2)12-7-11(14(15,16)17)18-13(19-12)21-5-3-10-9(8-21)4-6-22-10/h4,6-7H,3,5,8H2,1-2H3. The summed E-state index contributed by atoms with van der Waals surface area (Å²) >= 11 is 1.68. The molecule has 0 aliphatic carbocycles. The summed E-state index contributed by atoms with van der Waals surface area (Å²) in [7, 11) is 3.33. The van der Waals surface area contributed by atoms with E-state index in [-0.39, 0.29) is 11.8 Å². The summed E-state index contributed by atoms with van der Waals surface area (Å²) in [4.78, 5) is 12.7. The molecule has 4 nitrogen and oxygen atoms in total. The number of halogens is 3. The van der Waals surface area contributed by atoms with Gasteiger partial charge in [-0.2, -0.15) is 18.2 Å². The summed E-state index contributed by atoms with van der Waals surface area (Å²) in [5, 5.41) is 2.01. The summed E-state index contributed by atoms with van der Waals surface area (Å²) in [5.74, 6) is 0.392. The van der Waals surface area contributed by atoms with Crippen LogP contribution in [0.25, 0.3) is 0 Å². The molecule has 0 radical (unpaired) electrons. The Balaban J connectivity index is 1.98. The van der Waals surface area contributed by atoms with E-state index in [0.717, 1.165) is 18.1 Å². The predicted molar refractivity (Wildman–Crippen MR) is 80.4 cm³/mol. The second-order valence-electron chi connectivity index (χ2n) is 5.34. The molecule has 0 saturated heterocycles. The minimum Gasteiger partial charge on any atom is -0.363 e. The maximum absolute atomic E-state index is 13.0. The van der Waals surface area contributed by atoms with Gasteiger partial charge in [-0.3, -0.25) is 0 Å². The molecule has 3 heterocycles. The summed E-state index contributed by atoms with van der Waals surface area (Å²) < 4.78 is 39.1. The van der Waals surface area contributed by atoms with Gasteiger partial charge in [0.15, 0.2) is 5.69 Å². The molecule has 8 heteroatoms. The molecular formula is C14H15F3N4S. The third-order valence-corrected chi connectivity index (χ3v) is 4.56. The minimum absolute atomic E-state index is 0.135. The van der Waals surface area contributed by atoms with Gasteiger partial charge in [0.25, 0.3) is 0 Å². The highest BCUT2D eigenvalue weighted by Crippen LogP contribution is 2.32. The zero-order chi connectivity index (χ0) is 15.9. The molecule has 0 unspecified atom stereocenters. The van der Waals surface area contributed by atoms with Crippen LogP contribution in [-0.4, -0.2) is 30.6 Å². The van der Waals surface area contributed by atoms with Crippen LogP contribution >= 0.6 is 11.3 Å². The van der Waals surface area contributed by atoms with E-state index in [1.807, 2.05) is 11.4 Å². The molecule has 22 heavy (non-hydrogen) atoms. The molecule has 0 spiro atoms. The van der Waals surface area contributed by atoms with Crippen molar-refractivity contribution in [2.45, 2.75) is 19.1 Å². The molecule has 0 aromatic carbocycles. The summed E-state index contributed by atoms with van der Waals surface area (Å²) in [5.41, 5.74) is 0.237. The van der Waals surface area contributed by atoms with Crippen LogP contribution in [0.2, 0.25) is 0 Å². The highest BCUT2D eigenvalue weighted by atomic mass is 32.1. The number of thiophene rings is 1. The van der Waals surface area contributed by atoms with Crippen LogP contribution in [0.1, 0.15) is 16.1 Å². The molecule has 0 amide bonds. The summed E-state index contributed by atoms with van der Waals surface area (Å²) in [6, 6.07) is 2.98. The maximum atomic E-state index is 13.0. The molecular weight excluding hydrogens is 313 g/mol. The van der Waals surface area contributed by atoms with Crippen molar-refractivity contribution in [1.29, 1.82) is 0 Å². The summed E-state index contributed by atoms with van der Waals surface area (Å²) in [6.45, 7) is 1.18. The topological polar surface area (TPSA) is 32.3 Å². The number of aromatic nitrogens is 2. The molecule has 2 aromatic heterocycles. The molecule has 3 rings (SSSR count). The van der Waals surface area contributed by atoms with Gasteiger partial charge in [0.2, 0.25) is 5.95 Å². The smallest absolute Gasteiger partial charge is 0.363 e. The number of rotatable bonds is 2. The van der Waals surface area contributed by atoms with Gasteiger partial charge in [-0.15, -0.1) is 11.3 Å². The second kappa shape index (κ2) is 5.42. The largest absolute Gasteiger partial charge is 0.433 e. The van der Waals surface area contributed by atoms with Crippen LogP contribution in [0, 0.1) is 0 Å². The van der Waals surface area contributed by atoms with E-state index in [0.29, 0.717) is 13.1 Å². The quantitative estimate of drug-likeness (QED) is 0.847. The first-order chi connectivity index (χ1) is 10.3. The van der Waals surface area contributed by atoms with E-state index in [9.17, 15) is 13.2 Å². The third-order valence-electron chi connectivity index (χ3n) is 3.54. The van der Waals surface area contributed by atoms with Crippen molar-refractivity contribution in [3.63, 3.8) is 0 Å². The van der Waals surface area contributed by atoms with Gasteiger partial charge < -0.3 is 9.80 Å². The van der Waals surface area contributed by atoms with Gasteiger partial charge in [0.1, 0.15) is 5.82 Å². The van der Waals surface area contributed by atoms with Gasteiger partial charge in [-0.05, 0) is 23.4 Å².